The molecule has 6 aromatic carbocycles. The van der Waals surface area contributed by atoms with Crippen LogP contribution < -0.4 is 0 Å². The van der Waals surface area contributed by atoms with Gasteiger partial charge in [-0.1, -0.05) is 123 Å². The van der Waals surface area contributed by atoms with Crippen LogP contribution in [0, 0.1) is 25.2 Å². The topological polar surface area (TPSA) is 62.5 Å². The van der Waals surface area contributed by atoms with Gasteiger partial charge in [0, 0.05) is 39.1 Å². The molecule has 0 saturated heterocycles. The molecule has 1 aliphatic carbocycles. The first-order valence-corrected chi connectivity index (χ1v) is 18.7. The maximum atomic E-state index is 9.67. The number of fused-ring (bicyclic) bond motifs is 3. The van der Waals surface area contributed by atoms with Gasteiger partial charge in [0.15, 0.2) is 5.82 Å². The lowest BCUT2D eigenvalue weighted by molar-refractivity contribution is 0.660. The van der Waals surface area contributed by atoms with Crippen LogP contribution in [-0.4, -0.2) is 15.0 Å². The fourth-order valence-corrected chi connectivity index (χ4v) is 8.02. The van der Waals surface area contributed by atoms with E-state index in [-0.39, 0.29) is 5.41 Å². The highest BCUT2D eigenvalue weighted by atomic mass is 14.9. The Labute approximate surface area is 322 Å². The van der Waals surface area contributed by atoms with E-state index < -0.39 is 0 Å². The molecule has 0 amide bonds. The lowest BCUT2D eigenvalue weighted by atomic mass is 9.81. The second kappa shape index (κ2) is 13.5. The Kier molecular flexibility index (Phi) is 8.29. The van der Waals surface area contributed by atoms with Crippen molar-refractivity contribution < 1.29 is 0 Å². The molecule has 262 valence electrons. The molecule has 0 unspecified atom stereocenters. The van der Waals surface area contributed by atoms with Crippen molar-refractivity contribution in [2.75, 3.05) is 0 Å². The number of hydrogen-bond acceptors (Lipinski definition) is 4. The second-order valence-corrected chi connectivity index (χ2v) is 14.9. The van der Waals surface area contributed by atoms with E-state index in [0.29, 0.717) is 11.4 Å². The third-order valence-electron chi connectivity index (χ3n) is 10.9. The van der Waals surface area contributed by atoms with Gasteiger partial charge >= 0.3 is 0 Å². The molecule has 0 radical (unpaired) electrons. The third-order valence-corrected chi connectivity index (χ3v) is 10.9. The summed E-state index contributed by atoms with van der Waals surface area (Å²) in [5.41, 5.74) is 18.6. The molecule has 0 bridgehead atoms. The minimum atomic E-state index is -0.214. The molecule has 0 atom stereocenters. The van der Waals surface area contributed by atoms with Gasteiger partial charge in [-0.15, -0.1) is 0 Å². The number of hydrogen-bond donors (Lipinski definition) is 0. The van der Waals surface area contributed by atoms with Gasteiger partial charge in [-0.2, -0.15) is 5.26 Å². The quantitative estimate of drug-likeness (QED) is 0.173. The molecule has 55 heavy (non-hydrogen) atoms. The van der Waals surface area contributed by atoms with Crippen LogP contribution >= 0.6 is 0 Å². The largest absolute Gasteiger partial charge is 0.258 e. The lowest BCUT2D eigenvalue weighted by Crippen LogP contribution is -2.15. The molecular weight excluding hydrogens is 669 g/mol. The van der Waals surface area contributed by atoms with E-state index >= 15 is 0 Å². The molecule has 4 nitrogen and oxygen atoms in total. The first-order chi connectivity index (χ1) is 26.7. The zero-order chi connectivity index (χ0) is 37.7. The number of nitrogens with zero attached hydrogens (tertiary/aromatic N) is 4. The predicted octanol–water partition coefficient (Wildman–Crippen LogP) is 12.7. The highest BCUT2D eigenvalue weighted by molar-refractivity contribution is 5.87. The van der Waals surface area contributed by atoms with E-state index in [4.69, 9.17) is 15.0 Å². The summed E-state index contributed by atoms with van der Waals surface area (Å²) in [6, 6.07) is 57.5. The molecule has 2 aromatic heterocycles. The van der Waals surface area contributed by atoms with Gasteiger partial charge in [-0.05, 0) is 112 Å². The number of pyridine rings is 1. The minimum Gasteiger partial charge on any atom is -0.258 e. The maximum Gasteiger partial charge on any atom is 0.160 e. The summed E-state index contributed by atoms with van der Waals surface area (Å²) in [5.74, 6) is 0.675. The smallest absolute Gasteiger partial charge is 0.160 e. The lowest BCUT2D eigenvalue weighted by Gasteiger charge is -2.22. The van der Waals surface area contributed by atoms with Crippen molar-refractivity contribution in [3.8, 4) is 84.5 Å². The first-order valence-electron chi connectivity index (χ1n) is 18.7. The van der Waals surface area contributed by atoms with Crippen molar-refractivity contribution in [1.82, 2.24) is 15.0 Å². The Morgan fingerprint density at radius 2 is 1.04 bits per heavy atom. The average molecular weight is 707 g/mol. The van der Waals surface area contributed by atoms with Gasteiger partial charge in [0.05, 0.1) is 23.0 Å². The Hall–Kier alpha value is -6.96. The molecular formula is C51H38N4. The summed E-state index contributed by atoms with van der Waals surface area (Å²) in [5, 5.41) is 9.67. The predicted molar refractivity (Wildman–Crippen MR) is 224 cm³/mol. The molecule has 9 rings (SSSR count). The Bertz CT molecular complexity index is 2790. The third kappa shape index (κ3) is 6.20. The molecule has 4 heteroatoms. The first kappa shape index (κ1) is 33.8. The normalized spacial score (nSPS) is 12.5. The Morgan fingerprint density at radius 3 is 1.75 bits per heavy atom. The monoisotopic (exact) mass is 706 g/mol. The Morgan fingerprint density at radius 1 is 0.436 bits per heavy atom. The number of nitriles is 1. The van der Waals surface area contributed by atoms with Crippen LogP contribution in [0.1, 0.15) is 41.9 Å². The van der Waals surface area contributed by atoms with Crippen LogP contribution in [0.5, 0.6) is 0 Å². The molecule has 2 heterocycles. The van der Waals surface area contributed by atoms with Crippen molar-refractivity contribution >= 4 is 0 Å². The van der Waals surface area contributed by atoms with E-state index in [9.17, 15) is 5.26 Å². The van der Waals surface area contributed by atoms with Crippen LogP contribution in [0.4, 0.5) is 0 Å². The fourth-order valence-electron chi connectivity index (χ4n) is 8.02. The van der Waals surface area contributed by atoms with Gasteiger partial charge in [-0.3, -0.25) is 4.98 Å². The summed E-state index contributed by atoms with van der Waals surface area (Å²) in [7, 11) is 0. The number of aromatic nitrogens is 3. The molecule has 8 aromatic rings. The van der Waals surface area contributed by atoms with Crippen molar-refractivity contribution in [2.24, 2.45) is 0 Å². The molecule has 0 spiro atoms. The summed E-state index contributed by atoms with van der Waals surface area (Å²) in [6.07, 6.45) is 0. The van der Waals surface area contributed by atoms with Crippen molar-refractivity contribution in [1.29, 1.82) is 5.26 Å². The summed E-state index contributed by atoms with van der Waals surface area (Å²) < 4.78 is 0. The molecule has 0 fully saturated rings. The van der Waals surface area contributed by atoms with E-state index in [1.807, 2.05) is 43.3 Å². The summed E-state index contributed by atoms with van der Waals surface area (Å²) >= 11 is 0. The van der Waals surface area contributed by atoms with Gasteiger partial charge in [-0.25, -0.2) is 9.97 Å². The number of benzene rings is 6. The highest BCUT2D eigenvalue weighted by Crippen LogP contribution is 2.50. The van der Waals surface area contributed by atoms with Crippen LogP contribution in [0.25, 0.3) is 78.4 Å². The van der Waals surface area contributed by atoms with Gasteiger partial charge in [0.2, 0.25) is 0 Å². The molecule has 0 N–H and O–H groups in total. The van der Waals surface area contributed by atoms with Crippen molar-refractivity contribution in [3.63, 3.8) is 0 Å². The van der Waals surface area contributed by atoms with E-state index in [0.717, 1.165) is 72.8 Å². The SMILES string of the molecule is Cc1ccc(-c2cc(-c3ccc4c(c3)C(C)(C)c3ccc(C#N)cc3-4)cc(-c3cc(-c4ccc(-c5ccccc5)cc4)nc(-c4ccccc4)n3)c2)c(C)n1. The van der Waals surface area contributed by atoms with Gasteiger partial charge in [0.1, 0.15) is 0 Å². The number of aryl methyl sites for hydroxylation is 2. The molecule has 0 aliphatic heterocycles. The summed E-state index contributed by atoms with van der Waals surface area (Å²) in [6.45, 7) is 8.66. The van der Waals surface area contributed by atoms with Crippen LogP contribution in [0.2, 0.25) is 0 Å². The number of rotatable bonds is 6. The van der Waals surface area contributed by atoms with Crippen LogP contribution in [0.15, 0.2) is 158 Å². The fraction of sp³-hybridized carbons (Fsp3) is 0.0980. The molecule has 1 aliphatic rings. The van der Waals surface area contributed by atoms with Gasteiger partial charge in [0.25, 0.3) is 0 Å². The van der Waals surface area contributed by atoms with E-state index in [2.05, 4.69) is 148 Å². The summed E-state index contributed by atoms with van der Waals surface area (Å²) in [4.78, 5) is 15.2. The van der Waals surface area contributed by atoms with Crippen LogP contribution in [0.3, 0.4) is 0 Å². The average Bonchev–Trinajstić information content (AvgIpc) is 3.45. The zero-order valence-corrected chi connectivity index (χ0v) is 31.3. The van der Waals surface area contributed by atoms with Gasteiger partial charge < -0.3 is 0 Å². The van der Waals surface area contributed by atoms with Crippen LogP contribution in [-0.2, 0) is 5.41 Å². The minimum absolute atomic E-state index is 0.214. The standard InChI is InChI=1S/C51H38N4/c1-32-15-22-43(33(2)53-32)41-26-40(39-21-23-44-45-25-34(31-52)16-24-46(45)51(3,4)47(44)29-39)27-42(28-41)49-30-48(54-50(55-49)38-13-9-6-10-14-38)37-19-17-36(18-20-37)35-11-7-5-8-12-35/h5-30H,1-4H3. The van der Waals surface area contributed by atoms with Crippen molar-refractivity contribution in [3.05, 3.63) is 186 Å². The second-order valence-electron chi connectivity index (χ2n) is 14.9. The maximum absolute atomic E-state index is 9.67. The van der Waals surface area contributed by atoms with E-state index in [1.165, 1.54) is 22.3 Å². The molecule has 0 saturated carbocycles. The zero-order valence-electron chi connectivity index (χ0n) is 31.3. The highest BCUT2D eigenvalue weighted by Gasteiger charge is 2.35. The van der Waals surface area contributed by atoms with Crippen molar-refractivity contribution in [2.45, 2.75) is 33.1 Å². The Balaban J connectivity index is 1.22. The van der Waals surface area contributed by atoms with E-state index in [1.54, 1.807) is 0 Å².